The first-order chi connectivity index (χ1) is 8.40. The molecule has 0 nitrogen and oxygen atoms in total. The standard InChI is InChI=1S/C16H15Cl/c17-11-13-7-4-10-16-14-8-2-1-5-12(14)6-3-9-15(13)16/h1-2,4-5,7-8,10H,3,6,9,11H2. The van der Waals surface area contributed by atoms with Crippen molar-refractivity contribution in [1.82, 2.24) is 0 Å². The molecule has 0 bridgehead atoms. The van der Waals surface area contributed by atoms with Gasteiger partial charge in [-0.1, -0.05) is 42.5 Å². The fourth-order valence-electron chi connectivity index (χ4n) is 2.76. The van der Waals surface area contributed by atoms with Crippen molar-refractivity contribution in [2.24, 2.45) is 0 Å². The number of hydrogen-bond donors (Lipinski definition) is 0. The molecule has 86 valence electrons. The van der Waals surface area contributed by atoms with E-state index >= 15 is 0 Å². The molecule has 0 unspecified atom stereocenters. The van der Waals surface area contributed by atoms with Crippen LogP contribution in [0.2, 0.25) is 0 Å². The molecular formula is C16H15Cl. The Kier molecular flexibility index (Phi) is 2.90. The fraction of sp³-hybridized carbons (Fsp3) is 0.250. The van der Waals surface area contributed by atoms with Gasteiger partial charge in [0.05, 0.1) is 0 Å². The summed E-state index contributed by atoms with van der Waals surface area (Å²) in [6.07, 6.45) is 3.54. The van der Waals surface area contributed by atoms with Crippen molar-refractivity contribution in [3.05, 3.63) is 59.2 Å². The molecule has 0 fully saturated rings. The quantitative estimate of drug-likeness (QED) is 0.642. The Morgan fingerprint density at radius 2 is 1.71 bits per heavy atom. The predicted molar refractivity (Wildman–Crippen MR) is 73.5 cm³/mol. The van der Waals surface area contributed by atoms with Gasteiger partial charge in [-0.15, -0.1) is 11.6 Å². The van der Waals surface area contributed by atoms with E-state index in [-0.39, 0.29) is 0 Å². The van der Waals surface area contributed by atoms with E-state index in [1.165, 1.54) is 40.7 Å². The number of fused-ring (bicyclic) bond motifs is 3. The van der Waals surface area contributed by atoms with E-state index in [1.807, 2.05) is 0 Å². The Hall–Kier alpha value is -1.27. The van der Waals surface area contributed by atoms with Gasteiger partial charge < -0.3 is 0 Å². The zero-order valence-corrected chi connectivity index (χ0v) is 10.5. The molecule has 1 heteroatoms. The van der Waals surface area contributed by atoms with Crippen LogP contribution in [0.1, 0.15) is 23.1 Å². The van der Waals surface area contributed by atoms with E-state index < -0.39 is 0 Å². The molecular weight excluding hydrogens is 228 g/mol. The van der Waals surface area contributed by atoms with E-state index in [9.17, 15) is 0 Å². The number of hydrogen-bond acceptors (Lipinski definition) is 0. The molecule has 0 atom stereocenters. The van der Waals surface area contributed by atoms with E-state index in [1.54, 1.807) is 0 Å². The molecule has 1 aliphatic carbocycles. The molecule has 1 aliphatic rings. The SMILES string of the molecule is ClCc1cccc2c1CCCc1ccccc1-2. The lowest BCUT2D eigenvalue weighted by molar-refractivity contribution is 0.829. The van der Waals surface area contributed by atoms with Crippen molar-refractivity contribution in [2.75, 3.05) is 0 Å². The van der Waals surface area contributed by atoms with Crippen LogP contribution < -0.4 is 0 Å². The maximum absolute atomic E-state index is 6.04. The van der Waals surface area contributed by atoms with Crippen LogP contribution in [-0.4, -0.2) is 0 Å². The largest absolute Gasteiger partial charge is 0.122 e. The normalized spacial score (nSPS) is 13.7. The topological polar surface area (TPSA) is 0 Å². The minimum atomic E-state index is 0.616. The Morgan fingerprint density at radius 1 is 0.882 bits per heavy atom. The van der Waals surface area contributed by atoms with E-state index in [0.29, 0.717) is 5.88 Å². The van der Waals surface area contributed by atoms with Crippen LogP contribution >= 0.6 is 11.6 Å². The number of aryl methyl sites for hydroxylation is 1. The maximum Gasteiger partial charge on any atom is 0.0477 e. The number of halogens is 1. The van der Waals surface area contributed by atoms with Gasteiger partial charge >= 0.3 is 0 Å². The first-order valence-corrected chi connectivity index (χ1v) is 6.68. The Morgan fingerprint density at radius 3 is 2.59 bits per heavy atom. The smallest absolute Gasteiger partial charge is 0.0477 e. The highest BCUT2D eigenvalue weighted by Gasteiger charge is 2.15. The lowest BCUT2D eigenvalue weighted by Gasteiger charge is -2.12. The fourth-order valence-corrected chi connectivity index (χ4v) is 3.01. The van der Waals surface area contributed by atoms with Gasteiger partial charge in [0.25, 0.3) is 0 Å². The molecule has 0 saturated carbocycles. The number of rotatable bonds is 1. The third kappa shape index (κ3) is 1.87. The van der Waals surface area contributed by atoms with Crippen LogP contribution in [0.15, 0.2) is 42.5 Å². The third-order valence-corrected chi connectivity index (χ3v) is 3.89. The summed E-state index contributed by atoms with van der Waals surface area (Å²) < 4.78 is 0. The summed E-state index contributed by atoms with van der Waals surface area (Å²) in [5.41, 5.74) is 6.99. The van der Waals surface area contributed by atoms with Gasteiger partial charge in [0.1, 0.15) is 0 Å². The second kappa shape index (κ2) is 4.54. The molecule has 0 heterocycles. The highest BCUT2D eigenvalue weighted by Crippen LogP contribution is 2.34. The van der Waals surface area contributed by atoms with Crippen LogP contribution in [0.25, 0.3) is 11.1 Å². The Bertz CT molecular complexity index is 543. The monoisotopic (exact) mass is 242 g/mol. The molecule has 0 spiro atoms. The zero-order chi connectivity index (χ0) is 11.7. The summed E-state index contributed by atoms with van der Waals surface area (Å²) in [5, 5.41) is 0. The summed E-state index contributed by atoms with van der Waals surface area (Å²) in [7, 11) is 0. The molecule has 2 aromatic rings. The summed E-state index contributed by atoms with van der Waals surface area (Å²) >= 11 is 6.04. The van der Waals surface area contributed by atoms with E-state index in [2.05, 4.69) is 42.5 Å². The maximum atomic E-state index is 6.04. The first-order valence-electron chi connectivity index (χ1n) is 6.15. The van der Waals surface area contributed by atoms with Crippen LogP contribution in [0, 0.1) is 0 Å². The molecule has 3 rings (SSSR count). The van der Waals surface area contributed by atoms with Crippen molar-refractivity contribution in [1.29, 1.82) is 0 Å². The highest BCUT2D eigenvalue weighted by atomic mass is 35.5. The summed E-state index contributed by atoms with van der Waals surface area (Å²) in [6, 6.07) is 15.2. The lowest BCUT2D eigenvalue weighted by Crippen LogP contribution is -1.93. The Labute approximate surface area is 107 Å². The Balaban J connectivity index is 2.26. The molecule has 0 aliphatic heterocycles. The van der Waals surface area contributed by atoms with E-state index in [4.69, 9.17) is 11.6 Å². The van der Waals surface area contributed by atoms with Crippen LogP contribution in [0.4, 0.5) is 0 Å². The van der Waals surface area contributed by atoms with Crippen LogP contribution in [0.3, 0.4) is 0 Å². The van der Waals surface area contributed by atoms with Gasteiger partial charge in [-0.2, -0.15) is 0 Å². The summed E-state index contributed by atoms with van der Waals surface area (Å²) in [4.78, 5) is 0. The summed E-state index contributed by atoms with van der Waals surface area (Å²) in [6.45, 7) is 0. The second-order valence-electron chi connectivity index (χ2n) is 4.59. The average molecular weight is 243 g/mol. The third-order valence-electron chi connectivity index (χ3n) is 3.60. The van der Waals surface area contributed by atoms with Crippen molar-refractivity contribution >= 4 is 11.6 Å². The van der Waals surface area contributed by atoms with Crippen molar-refractivity contribution in [2.45, 2.75) is 25.1 Å². The summed E-state index contributed by atoms with van der Waals surface area (Å²) in [5.74, 6) is 0.616. The molecule has 2 aromatic carbocycles. The van der Waals surface area contributed by atoms with Gasteiger partial charge in [-0.3, -0.25) is 0 Å². The molecule has 0 saturated heterocycles. The van der Waals surface area contributed by atoms with E-state index in [0.717, 1.165) is 6.42 Å². The first kappa shape index (κ1) is 10.9. The lowest BCUT2D eigenvalue weighted by atomic mass is 9.94. The van der Waals surface area contributed by atoms with Gasteiger partial charge in [-0.25, -0.2) is 0 Å². The van der Waals surface area contributed by atoms with Gasteiger partial charge in [0.2, 0.25) is 0 Å². The number of alkyl halides is 1. The van der Waals surface area contributed by atoms with Gasteiger partial charge in [-0.05, 0) is 47.1 Å². The minimum absolute atomic E-state index is 0.616. The van der Waals surface area contributed by atoms with Crippen molar-refractivity contribution in [3.8, 4) is 11.1 Å². The van der Waals surface area contributed by atoms with Gasteiger partial charge in [0.15, 0.2) is 0 Å². The van der Waals surface area contributed by atoms with Crippen molar-refractivity contribution < 1.29 is 0 Å². The molecule has 0 radical (unpaired) electrons. The molecule has 0 N–H and O–H groups in total. The van der Waals surface area contributed by atoms with Crippen LogP contribution in [-0.2, 0) is 18.7 Å². The minimum Gasteiger partial charge on any atom is -0.122 e. The molecule has 0 amide bonds. The average Bonchev–Trinajstić information content (AvgIpc) is 2.58. The number of benzene rings is 2. The second-order valence-corrected chi connectivity index (χ2v) is 4.85. The molecule has 0 aromatic heterocycles. The van der Waals surface area contributed by atoms with Crippen molar-refractivity contribution in [3.63, 3.8) is 0 Å². The predicted octanol–water partition coefficient (Wildman–Crippen LogP) is 4.58. The highest BCUT2D eigenvalue weighted by molar-refractivity contribution is 6.17. The van der Waals surface area contributed by atoms with Crippen LogP contribution in [0.5, 0.6) is 0 Å². The molecule has 17 heavy (non-hydrogen) atoms. The zero-order valence-electron chi connectivity index (χ0n) is 9.75. The van der Waals surface area contributed by atoms with Gasteiger partial charge in [0, 0.05) is 5.88 Å².